The molecule has 0 amide bonds. The van der Waals surface area contributed by atoms with Gasteiger partial charge in [-0.3, -0.25) is 0 Å². The summed E-state index contributed by atoms with van der Waals surface area (Å²) in [4.78, 5) is 1.34. The highest BCUT2D eigenvalue weighted by molar-refractivity contribution is 8.31. The number of para-hydroxylation sites is 1. The average molecular weight is 459 g/mol. The van der Waals surface area contributed by atoms with E-state index in [4.69, 9.17) is 4.18 Å². The van der Waals surface area contributed by atoms with Crippen LogP contribution < -0.4 is 4.18 Å². The van der Waals surface area contributed by atoms with Gasteiger partial charge in [-0.25, -0.2) is 16.8 Å². The Bertz CT molecular complexity index is 1250. The van der Waals surface area contributed by atoms with Gasteiger partial charge < -0.3 is 9.71 Å². The van der Waals surface area contributed by atoms with Crippen molar-refractivity contribution < 1.29 is 34.2 Å². The first kappa shape index (κ1) is 22.8. The molecule has 0 radical (unpaired) electrons. The normalized spacial score (nSPS) is 12.2. The Labute approximate surface area is 169 Å². The molecule has 0 bridgehead atoms. The van der Waals surface area contributed by atoms with Gasteiger partial charge in [-0.15, -0.1) is 4.79 Å². The maximum absolute atomic E-state index is 13.0. The molecular formula is C17H18N2O7S3. The van der Waals surface area contributed by atoms with Crippen molar-refractivity contribution in [3.63, 3.8) is 0 Å². The van der Waals surface area contributed by atoms with Gasteiger partial charge in [-0.1, -0.05) is 43.7 Å². The standard InChI is InChI=1S/C17H18N2O7S3/c1-2-3-13-27(20,21)26-15-11-7-8-12-16(15)29(24,25)17(19-18)28(22,23)14-9-5-4-6-10-14/h4-12H,2-3,13H2,1H3. The molecule has 2 aromatic rings. The van der Waals surface area contributed by atoms with E-state index in [9.17, 15) is 30.8 Å². The predicted molar refractivity (Wildman–Crippen MR) is 105 cm³/mol. The van der Waals surface area contributed by atoms with Gasteiger partial charge >= 0.3 is 14.5 Å². The molecule has 0 spiro atoms. The maximum atomic E-state index is 13.0. The maximum Gasteiger partial charge on any atom is 0.504 e. The third-order valence-electron chi connectivity index (χ3n) is 3.70. The van der Waals surface area contributed by atoms with Gasteiger partial charge in [0, 0.05) is 0 Å². The van der Waals surface area contributed by atoms with E-state index in [2.05, 4.69) is 4.79 Å². The van der Waals surface area contributed by atoms with Crippen LogP contribution in [0.3, 0.4) is 0 Å². The van der Waals surface area contributed by atoms with Gasteiger partial charge in [0.05, 0.1) is 10.6 Å². The summed E-state index contributed by atoms with van der Waals surface area (Å²) in [7, 11) is -13.8. The molecule has 12 heteroatoms. The van der Waals surface area contributed by atoms with E-state index in [0.29, 0.717) is 12.8 Å². The summed E-state index contributed by atoms with van der Waals surface area (Å²) >= 11 is 0. The van der Waals surface area contributed by atoms with Crippen molar-refractivity contribution in [1.82, 2.24) is 0 Å². The third-order valence-corrected chi connectivity index (χ3v) is 9.13. The minimum absolute atomic E-state index is 0.295. The Morgan fingerprint density at radius 1 is 0.897 bits per heavy atom. The molecule has 156 valence electrons. The molecule has 0 heterocycles. The van der Waals surface area contributed by atoms with E-state index in [1.165, 1.54) is 30.3 Å². The van der Waals surface area contributed by atoms with Crippen molar-refractivity contribution in [3.8, 4) is 5.75 Å². The zero-order chi connectivity index (χ0) is 21.7. The number of rotatable bonds is 7. The van der Waals surface area contributed by atoms with Crippen molar-refractivity contribution in [2.24, 2.45) is 0 Å². The van der Waals surface area contributed by atoms with Crippen LogP contribution in [0.5, 0.6) is 5.75 Å². The summed E-state index contributed by atoms with van der Waals surface area (Å²) in [6.45, 7) is 1.77. The topological polar surface area (TPSA) is 148 Å². The van der Waals surface area contributed by atoms with Crippen LogP contribution in [0.1, 0.15) is 19.8 Å². The summed E-state index contributed by atoms with van der Waals surface area (Å²) in [5.41, 5.74) is 9.23. The Hall–Kier alpha value is -2.53. The molecule has 0 saturated carbocycles. The number of hydrogen-bond acceptors (Lipinski definition) is 7. The fourth-order valence-electron chi connectivity index (χ4n) is 2.29. The third kappa shape index (κ3) is 5.10. The first-order valence-electron chi connectivity index (χ1n) is 8.34. The summed E-state index contributed by atoms with van der Waals surface area (Å²) in [5, 5.41) is 0. The number of hydrogen-bond donors (Lipinski definition) is 0. The van der Waals surface area contributed by atoms with E-state index in [0.717, 1.165) is 24.3 Å². The lowest BCUT2D eigenvalue weighted by atomic mass is 10.3. The monoisotopic (exact) mass is 458 g/mol. The lowest BCUT2D eigenvalue weighted by Crippen LogP contribution is -2.27. The Morgan fingerprint density at radius 2 is 1.48 bits per heavy atom. The van der Waals surface area contributed by atoms with E-state index < -0.39 is 49.7 Å². The molecular weight excluding hydrogens is 440 g/mol. The van der Waals surface area contributed by atoms with Crippen molar-refractivity contribution in [1.29, 1.82) is 0 Å². The molecule has 0 aliphatic heterocycles. The van der Waals surface area contributed by atoms with Gasteiger partial charge in [0.15, 0.2) is 5.75 Å². The van der Waals surface area contributed by atoms with Crippen molar-refractivity contribution >= 4 is 34.2 Å². The SMILES string of the molecule is CCCCS(=O)(=O)Oc1ccccc1S(=O)(=O)C(=[N+]=[N-])S(=O)(=O)c1ccccc1. The second-order valence-electron chi connectivity index (χ2n) is 5.83. The zero-order valence-electron chi connectivity index (χ0n) is 15.3. The van der Waals surface area contributed by atoms with E-state index in [1.54, 1.807) is 6.92 Å². The molecule has 2 aromatic carbocycles. The average Bonchev–Trinajstić information content (AvgIpc) is 2.67. The lowest BCUT2D eigenvalue weighted by Gasteiger charge is -2.10. The molecule has 0 aliphatic carbocycles. The molecule has 0 fully saturated rings. The fourth-order valence-corrected chi connectivity index (χ4v) is 6.95. The summed E-state index contributed by atoms with van der Waals surface area (Å²) in [5.74, 6) is -0.936. The molecule has 0 saturated heterocycles. The van der Waals surface area contributed by atoms with E-state index in [-0.39, 0.29) is 5.75 Å². The first-order valence-corrected chi connectivity index (χ1v) is 12.9. The second-order valence-corrected chi connectivity index (χ2v) is 11.5. The fraction of sp³-hybridized carbons (Fsp3) is 0.235. The number of sulfone groups is 2. The van der Waals surface area contributed by atoms with E-state index in [1.807, 2.05) is 0 Å². The molecule has 0 unspecified atom stereocenters. The van der Waals surface area contributed by atoms with Gasteiger partial charge in [-0.2, -0.15) is 8.42 Å². The smallest absolute Gasteiger partial charge is 0.381 e. The Balaban J connectivity index is 2.58. The van der Waals surface area contributed by atoms with Crippen LogP contribution in [0.2, 0.25) is 0 Å². The molecule has 9 nitrogen and oxygen atoms in total. The van der Waals surface area contributed by atoms with Gasteiger partial charge in [0.25, 0.3) is 19.7 Å². The predicted octanol–water partition coefficient (Wildman–Crippen LogP) is 2.03. The van der Waals surface area contributed by atoms with Crippen LogP contribution in [0.15, 0.2) is 64.4 Å². The Kier molecular flexibility index (Phi) is 6.96. The molecule has 0 aromatic heterocycles. The second kappa shape index (κ2) is 8.87. The Morgan fingerprint density at radius 3 is 2.07 bits per heavy atom. The van der Waals surface area contributed by atoms with E-state index >= 15 is 0 Å². The number of benzene rings is 2. The molecule has 0 aliphatic rings. The quantitative estimate of drug-likeness (QED) is 0.203. The molecule has 0 N–H and O–H groups in total. The van der Waals surface area contributed by atoms with Crippen LogP contribution in [-0.4, -0.2) is 40.2 Å². The van der Waals surface area contributed by atoms with Crippen LogP contribution >= 0.6 is 0 Å². The van der Waals surface area contributed by atoms with Gasteiger partial charge in [0.1, 0.15) is 4.90 Å². The highest BCUT2D eigenvalue weighted by Gasteiger charge is 2.45. The highest BCUT2D eigenvalue weighted by Crippen LogP contribution is 2.29. The van der Waals surface area contributed by atoms with Crippen molar-refractivity contribution in [2.75, 3.05) is 5.75 Å². The summed E-state index contributed by atoms with van der Waals surface area (Å²) in [6.07, 6.45) is 0.863. The van der Waals surface area contributed by atoms with Crippen LogP contribution in [-0.2, 0) is 29.8 Å². The summed E-state index contributed by atoms with van der Waals surface area (Å²) in [6, 6.07) is 11.1. The minimum atomic E-state index is -4.96. The van der Waals surface area contributed by atoms with Crippen molar-refractivity contribution in [3.05, 3.63) is 60.1 Å². The summed E-state index contributed by atoms with van der Waals surface area (Å²) < 4.78 is 78.8. The van der Waals surface area contributed by atoms with Gasteiger partial charge in [0.2, 0.25) is 0 Å². The lowest BCUT2D eigenvalue weighted by molar-refractivity contribution is 0.00379. The largest absolute Gasteiger partial charge is 0.504 e. The highest BCUT2D eigenvalue weighted by atomic mass is 32.3. The first-order chi connectivity index (χ1) is 13.6. The van der Waals surface area contributed by atoms with Crippen LogP contribution in [0, 0.1) is 0 Å². The van der Waals surface area contributed by atoms with Crippen molar-refractivity contribution in [2.45, 2.75) is 29.6 Å². The minimum Gasteiger partial charge on any atom is -0.381 e. The molecule has 0 atom stereocenters. The number of unbranched alkanes of at least 4 members (excludes halogenated alkanes) is 1. The number of nitrogens with zero attached hydrogens (tertiary/aromatic N) is 2. The van der Waals surface area contributed by atoms with Crippen LogP contribution in [0.4, 0.5) is 0 Å². The zero-order valence-corrected chi connectivity index (χ0v) is 17.7. The molecule has 2 rings (SSSR count). The van der Waals surface area contributed by atoms with Gasteiger partial charge in [-0.05, 0) is 30.7 Å². The molecule has 29 heavy (non-hydrogen) atoms. The van der Waals surface area contributed by atoms with Crippen LogP contribution in [0.25, 0.3) is 5.53 Å².